The fourth-order valence-corrected chi connectivity index (χ4v) is 5.32. The molecule has 1 fully saturated rings. The van der Waals surface area contributed by atoms with E-state index in [9.17, 15) is 9.18 Å². The Balaban J connectivity index is 1.52. The van der Waals surface area contributed by atoms with Crippen molar-refractivity contribution in [2.75, 3.05) is 19.9 Å². The van der Waals surface area contributed by atoms with E-state index in [2.05, 4.69) is 14.8 Å². The Morgan fingerprint density at radius 3 is 2.44 bits per heavy atom. The van der Waals surface area contributed by atoms with Crippen molar-refractivity contribution in [3.05, 3.63) is 59.9 Å². The van der Waals surface area contributed by atoms with Gasteiger partial charge in [-0.2, -0.15) is 0 Å². The molecular formula is C26H31FN4O2S. The number of carbonyl (C=O) groups is 1. The maximum atomic E-state index is 13.3. The van der Waals surface area contributed by atoms with Gasteiger partial charge in [0.25, 0.3) is 0 Å². The molecule has 34 heavy (non-hydrogen) atoms. The van der Waals surface area contributed by atoms with Gasteiger partial charge in [-0.25, -0.2) is 4.39 Å². The molecule has 1 amide bonds. The highest BCUT2D eigenvalue weighted by Crippen LogP contribution is 2.36. The van der Waals surface area contributed by atoms with Crippen LogP contribution >= 0.6 is 11.8 Å². The van der Waals surface area contributed by atoms with E-state index in [4.69, 9.17) is 4.74 Å². The van der Waals surface area contributed by atoms with Crippen LogP contribution < -0.4 is 4.74 Å². The second kappa shape index (κ2) is 11.0. The van der Waals surface area contributed by atoms with Gasteiger partial charge in [0, 0.05) is 18.7 Å². The summed E-state index contributed by atoms with van der Waals surface area (Å²) in [4.78, 5) is 14.7. The van der Waals surface area contributed by atoms with E-state index < -0.39 is 0 Å². The molecule has 8 heteroatoms. The summed E-state index contributed by atoms with van der Waals surface area (Å²) in [5.41, 5.74) is 1.88. The predicted octanol–water partition coefficient (Wildman–Crippen LogP) is 5.91. The predicted molar refractivity (Wildman–Crippen MR) is 132 cm³/mol. The van der Waals surface area contributed by atoms with Crippen molar-refractivity contribution in [2.45, 2.75) is 56.3 Å². The number of ether oxygens (including phenoxy) is 1. The number of hydrogen-bond acceptors (Lipinski definition) is 5. The van der Waals surface area contributed by atoms with E-state index in [-0.39, 0.29) is 23.5 Å². The molecule has 1 aliphatic carbocycles. The lowest BCUT2D eigenvalue weighted by molar-refractivity contribution is -0.128. The molecule has 4 rings (SSSR count). The zero-order chi connectivity index (χ0) is 24.1. The van der Waals surface area contributed by atoms with Crippen LogP contribution in [-0.2, 0) is 4.79 Å². The summed E-state index contributed by atoms with van der Waals surface area (Å²) in [6.07, 6.45) is 5.80. The van der Waals surface area contributed by atoms with Crippen LogP contribution in [0.2, 0.25) is 0 Å². The molecule has 1 heterocycles. The minimum absolute atomic E-state index is 0.00832. The molecule has 1 aliphatic rings. The van der Waals surface area contributed by atoms with Crippen molar-refractivity contribution in [1.82, 2.24) is 19.7 Å². The summed E-state index contributed by atoms with van der Waals surface area (Å²) in [6.45, 7) is 1.95. The number of nitrogens with zero attached hydrogens (tertiary/aromatic N) is 4. The number of amides is 1. The zero-order valence-corrected chi connectivity index (χ0v) is 20.7. The number of benzene rings is 2. The Morgan fingerprint density at radius 2 is 1.79 bits per heavy atom. The van der Waals surface area contributed by atoms with Gasteiger partial charge in [-0.3, -0.25) is 9.36 Å². The minimum Gasteiger partial charge on any atom is -0.497 e. The van der Waals surface area contributed by atoms with Gasteiger partial charge < -0.3 is 9.64 Å². The summed E-state index contributed by atoms with van der Waals surface area (Å²) >= 11 is 1.43. The summed E-state index contributed by atoms with van der Waals surface area (Å²) in [6, 6.07) is 14.3. The quantitative estimate of drug-likeness (QED) is 0.374. The number of hydrogen-bond donors (Lipinski definition) is 0. The highest BCUT2D eigenvalue weighted by Gasteiger charge is 2.25. The van der Waals surface area contributed by atoms with E-state index in [0.717, 1.165) is 40.7 Å². The molecule has 0 radical (unpaired) electrons. The fraction of sp³-hybridized carbons (Fsp3) is 0.423. The SMILES string of the molecule is COc1ccc(-c2nnc(SCC(=O)N(C)[C@H](C)c3ccc(F)cc3)n2C2CCCCC2)cc1. The lowest BCUT2D eigenvalue weighted by atomic mass is 9.95. The molecule has 0 unspecified atom stereocenters. The first kappa shape index (κ1) is 24.3. The Bertz CT molecular complexity index is 1090. The van der Waals surface area contributed by atoms with Gasteiger partial charge in [-0.05, 0) is 61.7 Å². The van der Waals surface area contributed by atoms with Gasteiger partial charge in [0.15, 0.2) is 11.0 Å². The van der Waals surface area contributed by atoms with Gasteiger partial charge in [0.2, 0.25) is 5.91 Å². The standard InChI is InChI=1S/C26H31FN4O2S/c1-18(19-9-13-21(27)14-10-19)30(2)24(32)17-34-26-29-28-25(20-11-15-23(33-3)16-12-20)31(26)22-7-5-4-6-8-22/h9-16,18,22H,4-8,17H2,1-3H3/t18-/m1/s1. The number of rotatable bonds is 8. The maximum Gasteiger partial charge on any atom is 0.233 e. The van der Waals surface area contributed by atoms with Crippen LogP contribution in [0.3, 0.4) is 0 Å². The van der Waals surface area contributed by atoms with Gasteiger partial charge in [-0.1, -0.05) is 43.2 Å². The Kier molecular flexibility index (Phi) is 7.88. The lowest BCUT2D eigenvalue weighted by Crippen LogP contribution is -2.31. The van der Waals surface area contributed by atoms with Crippen LogP contribution in [0.5, 0.6) is 5.75 Å². The van der Waals surface area contributed by atoms with Crippen molar-refractivity contribution >= 4 is 17.7 Å². The van der Waals surface area contributed by atoms with Crippen LogP contribution in [0.4, 0.5) is 4.39 Å². The maximum absolute atomic E-state index is 13.3. The van der Waals surface area contributed by atoms with Crippen LogP contribution in [0.15, 0.2) is 53.7 Å². The van der Waals surface area contributed by atoms with Crippen molar-refractivity contribution in [3.63, 3.8) is 0 Å². The van der Waals surface area contributed by atoms with Gasteiger partial charge in [0.05, 0.1) is 18.9 Å². The Labute approximate surface area is 204 Å². The van der Waals surface area contributed by atoms with Crippen LogP contribution in [0.1, 0.15) is 56.7 Å². The van der Waals surface area contributed by atoms with E-state index in [1.54, 1.807) is 31.2 Å². The third-order valence-electron chi connectivity index (χ3n) is 6.60. The first-order chi connectivity index (χ1) is 16.5. The number of aromatic nitrogens is 3. The lowest BCUT2D eigenvalue weighted by Gasteiger charge is -2.27. The van der Waals surface area contributed by atoms with E-state index in [1.165, 1.54) is 43.2 Å². The third kappa shape index (κ3) is 5.43. The molecular weight excluding hydrogens is 451 g/mol. The molecule has 0 aliphatic heterocycles. The average Bonchev–Trinajstić information content (AvgIpc) is 3.31. The van der Waals surface area contributed by atoms with Crippen molar-refractivity contribution in [3.8, 4) is 17.1 Å². The molecule has 0 spiro atoms. The smallest absolute Gasteiger partial charge is 0.233 e. The summed E-state index contributed by atoms with van der Waals surface area (Å²) < 4.78 is 20.8. The highest BCUT2D eigenvalue weighted by atomic mass is 32.2. The number of thioether (sulfide) groups is 1. The van der Waals surface area contributed by atoms with E-state index in [0.29, 0.717) is 6.04 Å². The zero-order valence-electron chi connectivity index (χ0n) is 19.9. The van der Waals surface area contributed by atoms with Crippen LogP contribution in [0, 0.1) is 5.82 Å². The molecule has 0 bridgehead atoms. The van der Waals surface area contributed by atoms with Crippen LogP contribution in [-0.4, -0.2) is 45.5 Å². The summed E-state index contributed by atoms with van der Waals surface area (Å²) in [5.74, 6) is 1.60. The van der Waals surface area contributed by atoms with E-state index in [1.807, 2.05) is 31.2 Å². The minimum atomic E-state index is -0.282. The summed E-state index contributed by atoms with van der Waals surface area (Å²) in [7, 11) is 3.44. The second-order valence-electron chi connectivity index (χ2n) is 8.72. The second-order valence-corrected chi connectivity index (χ2v) is 9.66. The van der Waals surface area contributed by atoms with Crippen molar-refractivity contribution < 1.29 is 13.9 Å². The fourth-order valence-electron chi connectivity index (χ4n) is 4.39. The molecule has 0 saturated heterocycles. The first-order valence-electron chi connectivity index (χ1n) is 11.7. The molecule has 1 atom stereocenters. The third-order valence-corrected chi connectivity index (χ3v) is 7.53. The number of carbonyl (C=O) groups excluding carboxylic acids is 1. The largest absolute Gasteiger partial charge is 0.497 e. The highest BCUT2D eigenvalue weighted by molar-refractivity contribution is 7.99. The van der Waals surface area contributed by atoms with Crippen molar-refractivity contribution in [2.24, 2.45) is 0 Å². The topological polar surface area (TPSA) is 60.3 Å². The van der Waals surface area contributed by atoms with E-state index >= 15 is 0 Å². The Morgan fingerprint density at radius 1 is 1.12 bits per heavy atom. The molecule has 0 N–H and O–H groups in total. The number of methoxy groups -OCH3 is 1. The van der Waals surface area contributed by atoms with Crippen molar-refractivity contribution in [1.29, 1.82) is 0 Å². The molecule has 1 saturated carbocycles. The van der Waals surface area contributed by atoms with Gasteiger partial charge in [-0.15, -0.1) is 10.2 Å². The summed E-state index contributed by atoms with van der Waals surface area (Å²) in [5, 5.41) is 9.78. The van der Waals surface area contributed by atoms with Crippen LogP contribution in [0.25, 0.3) is 11.4 Å². The average molecular weight is 483 g/mol. The Hall–Kier alpha value is -2.87. The molecule has 6 nitrogen and oxygen atoms in total. The monoisotopic (exact) mass is 482 g/mol. The molecule has 1 aromatic heterocycles. The first-order valence-corrected chi connectivity index (χ1v) is 12.7. The van der Waals surface area contributed by atoms with Gasteiger partial charge in [0.1, 0.15) is 11.6 Å². The molecule has 3 aromatic rings. The van der Waals surface area contributed by atoms with Gasteiger partial charge >= 0.3 is 0 Å². The normalized spacial score (nSPS) is 15.2. The molecule has 180 valence electrons. The molecule has 2 aromatic carbocycles. The number of halogens is 1.